The predicted molar refractivity (Wildman–Crippen MR) is 160 cm³/mol. The van der Waals surface area contributed by atoms with E-state index in [4.69, 9.17) is 16.3 Å². The minimum absolute atomic E-state index is 0.147. The van der Waals surface area contributed by atoms with E-state index < -0.39 is 11.9 Å². The molecule has 0 atom stereocenters. The van der Waals surface area contributed by atoms with Crippen LogP contribution < -0.4 is 15.5 Å². The van der Waals surface area contributed by atoms with Gasteiger partial charge < -0.3 is 10.1 Å². The van der Waals surface area contributed by atoms with Crippen LogP contribution >= 0.6 is 27.5 Å². The minimum atomic E-state index is -0.609. The Bertz CT molecular complexity index is 1090. The number of unbranched alkanes of at least 4 members (excludes halogenated alkanes) is 10. The van der Waals surface area contributed by atoms with Crippen LogP contribution in [0.5, 0.6) is 5.75 Å². The first-order valence-electron chi connectivity index (χ1n) is 13.8. The fourth-order valence-corrected chi connectivity index (χ4v) is 4.52. The SMILES string of the molecule is CCCCCCCCCCCCCC(=O)NCC(=O)N/N=C\c1cc(Br)ccc1OC(=O)c1ccccc1Cl. The molecule has 0 unspecified atom stereocenters. The first-order valence-corrected chi connectivity index (χ1v) is 14.9. The highest BCUT2D eigenvalue weighted by Crippen LogP contribution is 2.24. The summed E-state index contributed by atoms with van der Waals surface area (Å²) < 4.78 is 6.23. The predicted octanol–water partition coefficient (Wildman–Crippen LogP) is 7.59. The molecule has 0 heterocycles. The van der Waals surface area contributed by atoms with Gasteiger partial charge in [0.25, 0.3) is 5.91 Å². The monoisotopic (exact) mass is 619 g/mol. The summed E-state index contributed by atoms with van der Waals surface area (Å²) in [7, 11) is 0. The highest BCUT2D eigenvalue weighted by molar-refractivity contribution is 9.10. The lowest BCUT2D eigenvalue weighted by atomic mass is 10.1. The normalized spacial score (nSPS) is 10.9. The fourth-order valence-electron chi connectivity index (χ4n) is 3.93. The van der Waals surface area contributed by atoms with Gasteiger partial charge in [0.1, 0.15) is 5.75 Å². The van der Waals surface area contributed by atoms with Crippen molar-refractivity contribution in [1.29, 1.82) is 0 Å². The summed E-state index contributed by atoms with van der Waals surface area (Å²) in [5.41, 5.74) is 3.08. The summed E-state index contributed by atoms with van der Waals surface area (Å²) in [6.07, 6.45) is 15.2. The zero-order valence-corrected chi connectivity index (χ0v) is 25.0. The molecule has 2 rings (SSSR count). The Hall–Kier alpha value is -2.71. The number of carbonyl (C=O) groups excluding carboxylic acids is 3. The van der Waals surface area contributed by atoms with Crippen LogP contribution in [0.25, 0.3) is 0 Å². The number of hydrogen-bond donors (Lipinski definition) is 2. The molecule has 0 bridgehead atoms. The first kappa shape index (κ1) is 32.5. The van der Waals surface area contributed by atoms with Crippen LogP contribution in [-0.4, -0.2) is 30.5 Å². The van der Waals surface area contributed by atoms with E-state index in [1.807, 2.05) is 0 Å². The largest absolute Gasteiger partial charge is 0.422 e. The van der Waals surface area contributed by atoms with Gasteiger partial charge in [0.2, 0.25) is 5.91 Å². The number of hydrogen-bond acceptors (Lipinski definition) is 5. The van der Waals surface area contributed by atoms with E-state index in [9.17, 15) is 14.4 Å². The molecule has 2 aromatic carbocycles. The maximum atomic E-state index is 12.5. The van der Waals surface area contributed by atoms with Crippen molar-refractivity contribution in [2.75, 3.05) is 6.54 Å². The zero-order valence-electron chi connectivity index (χ0n) is 22.6. The smallest absolute Gasteiger partial charge is 0.345 e. The van der Waals surface area contributed by atoms with E-state index >= 15 is 0 Å². The van der Waals surface area contributed by atoms with E-state index in [0.717, 1.165) is 23.7 Å². The standard InChI is InChI=1S/C30H39BrClN3O4/c1-2-3-4-5-6-7-8-9-10-11-12-17-28(36)33-22-29(37)35-34-21-23-20-24(31)18-19-27(23)39-30(38)25-15-13-14-16-26(25)32/h13-16,18-21H,2-12,17,22H2,1H3,(H,33,36)(H,35,37)/b34-21-. The topological polar surface area (TPSA) is 96.9 Å². The number of halogens is 2. The van der Waals surface area contributed by atoms with E-state index in [2.05, 4.69) is 38.7 Å². The number of amides is 2. The number of rotatable bonds is 18. The molecule has 0 spiro atoms. The molecule has 0 saturated carbocycles. The number of benzene rings is 2. The van der Waals surface area contributed by atoms with Gasteiger partial charge in [-0.1, -0.05) is 111 Å². The van der Waals surface area contributed by atoms with Crippen molar-refractivity contribution in [2.24, 2.45) is 5.10 Å². The van der Waals surface area contributed by atoms with Crippen LogP contribution in [0.2, 0.25) is 5.02 Å². The Morgan fingerprint density at radius 1 is 0.897 bits per heavy atom. The average Bonchev–Trinajstić information content (AvgIpc) is 2.92. The molecule has 0 radical (unpaired) electrons. The van der Waals surface area contributed by atoms with Gasteiger partial charge >= 0.3 is 5.97 Å². The molecular weight excluding hydrogens is 582 g/mol. The van der Waals surface area contributed by atoms with E-state index in [0.29, 0.717) is 12.0 Å². The van der Waals surface area contributed by atoms with Gasteiger partial charge in [-0.15, -0.1) is 0 Å². The molecule has 7 nitrogen and oxygen atoms in total. The van der Waals surface area contributed by atoms with Gasteiger partial charge in [-0.2, -0.15) is 5.10 Å². The van der Waals surface area contributed by atoms with Crippen molar-refractivity contribution >= 4 is 51.5 Å². The maximum Gasteiger partial charge on any atom is 0.345 e. The van der Waals surface area contributed by atoms with Crippen molar-refractivity contribution in [3.8, 4) is 5.75 Å². The number of ether oxygens (including phenoxy) is 1. The molecule has 0 saturated heterocycles. The van der Waals surface area contributed by atoms with Gasteiger partial charge in [0.05, 0.1) is 23.3 Å². The molecule has 39 heavy (non-hydrogen) atoms. The third kappa shape index (κ3) is 13.8. The Morgan fingerprint density at radius 3 is 2.21 bits per heavy atom. The van der Waals surface area contributed by atoms with Crippen LogP contribution in [0.1, 0.15) is 99.9 Å². The molecule has 9 heteroatoms. The first-order chi connectivity index (χ1) is 18.9. The third-order valence-electron chi connectivity index (χ3n) is 6.11. The number of nitrogens with one attached hydrogen (secondary N) is 2. The van der Waals surface area contributed by atoms with Crippen molar-refractivity contribution in [1.82, 2.24) is 10.7 Å². The second-order valence-corrected chi connectivity index (χ2v) is 10.7. The number of carbonyl (C=O) groups is 3. The van der Waals surface area contributed by atoms with Crippen molar-refractivity contribution in [3.63, 3.8) is 0 Å². The Balaban J connectivity index is 1.66. The Kier molecular flexibility index (Phi) is 16.1. The second-order valence-electron chi connectivity index (χ2n) is 9.41. The van der Waals surface area contributed by atoms with Gasteiger partial charge in [0.15, 0.2) is 0 Å². The van der Waals surface area contributed by atoms with E-state index in [1.165, 1.54) is 57.6 Å². The van der Waals surface area contributed by atoms with Crippen LogP contribution in [-0.2, 0) is 9.59 Å². The summed E-state index contributed by atoms with van der Waals surface area (Å²) in [6.45, 7) is 2.07. The average molecular weight is 621 g/mol. The molecule has 2 amide bonds. The molecule has 2 aromatic rings. The van der Waals surface area contributed by atoms with Crippen LogP contribution in [0.4, 0.5) is 0 Å². The van der Waals surface area contributed by atoms with Crippen LogP contribution in [0, 0.1) is 0 Å². The van der Waals surface area contributed by atoms with Gasteiger partial charge in [0, 0.05) is 16.5 Å². The molecule has 0 aliphatic rings. The van der Waals surface area contributed by atoms with E-state index in [1.54, 1.807) is 42.5 Å². The fraction of sp³-hybridized carbons (Fsp3) is 0.467. The summed E-state index contributed by atoms with van der Waals surface area (Å²) in [6, 6.07) is 11.6. The van der Waals surface area contributed by atoms with Crippen molar-refractivity contribution < 1.29 is 19.1 Å². The lowest BCUT2D eigenvalue weighted by molar-refractivity contribution is -0.126. The lowest BCUT2D eigenvalue weighted by Gasteiger charge is -2.09. The number of esters is 1. The van der Waals surface area contributed by atoms with Crippen molar-refractivity contribution in [3.05, 3.63) is 63.1 Å². The second kappa shape index (κ2) is 19.4. The summed E-state index contributed by atoms with van der Waals surface area (Å²) >= 11 is 9.46. The quantitative estimate of drug-likeness (QED) is 0.0590. The highest BCUT2D eigenvalue weighted by Gasteiger charge is 2.14. The molecular formula is C30H39BrClN3O4. The molecule has 0 aliphatic heterocycles. The summed E-state index contributed by atoms with van der Waals surface area (Å²) in [5, 5.41) is 6.84. The number of nitrogens with zero attached hydrogens (tertiary/aromatic N) is 1. The van der Waals surface area contributed by atoms with Crippen LogP contribution in [0.3, 0.4) is 0 Å². The third-order valence-corrected chi connectivity index (χ3v) is 6.94. The van der Waals surface area contributed by atoms with Crippen LogP contribution in [0.15, 0.2) is 52.0 Å². The molecule has 212 valence electrons. The molecule has 2 N–H and O–H groups in total. The number of hydrazone groups is 1. The maximum absolute atomic E-state index is 12.5. The minimum Gasteiger partial charge on any atom is -0.422 e. The summed E-state index contributed by atoms with van der Waals surface area (Å²) in [4.78, 5) is 36.7. The molecule has 0 aliphatic carbocycles. The van der Waals surface area contributed by atoms with E-state index in [-0.39, 0.29) is 28.8 Å². The van der Waals surface area contributed by atoms with Gasteiger partial charge in [-0.3, -0.25) is 9.59 Å². The zero-order chi connectivity index (χ0) is 28.3. The summed E-state index contributed by atoms with van der Waals surface area (Å²) in [5.74, 6) is -0.961. The highest BCUT2D eigenvalue weighted by atomic mass is 79.9. The van der Waals surface area contributed by atoms with Gasteiger partial charge in [-0.05, 0) is 36.8 Å². The Morgan fingerprint density at radius 2 is 1.54 bits per heavy atom. The Labute approximate surface area is 245 Å². The lowest BCUT2D eigenvalue weighted by Crippen LogP contribution is -2.34. The molecule has 0 aromatic heterocycles. The molecule has 0 fully saturated rings. The van der Waals surface area contributed by atoms with Gasteiger partial charge in [-0.25, -0.2) is 10.2 Å². The van der Waals surface area contributed by atoms with Crippen molar-refractivity contribution in [2.45, 2.75) is 84.0 Å².